The Morgan fingerprint density at radius 2 is 1.96 bits per heavy atom. The molecule has 0 aliphatic heterocycles. The van der Waals surface area contributed by atoms with Crippen molar-refractivity contribution in [2.24, 2.45) is 0 Å². The topological polar surface area (TPSA) is 78.1 Å². The van der Waals surface area contributed by atoms with Crippen LogP contribution in [-0.4, -0.2) is 34.9 Å². The summed E-state index contributed by atoms with van der Waals surface area (Å²) in [7, 11) is 3.77. The number of aromatic amines is 1. The third kappa shape index (κ3) is 3.61. The Morgan fingerprint density at radius 1 is 1.31 bits per heavy atom. The molecule has 136 valence electrons. The molecule has 26 heavy (non-hydrogen) atoms. The van der Waals surface area contributed by atoms with E-state index in [0.717, 1.165) is 0 Å². The number of carbonyl (C=O) groups is 1. The van der Waals surface area contributed by atoms with Gasteiger partial charge in [-0.05, 0) is 38.7 Å². The first-order valence-corrected chi connectivity index (χ1v) is 9.27. The van der Waals surface area contributed by atoms with E-state index < -0.39 is 0 Å². The van der Waals surface area contributed by atoms with Crippen LogP contribution < -0.4 is 10.9 Å². The largest absolute Gasteiger partial charge is 0.319 e. The van der Waals surface area contributed by atoms with Gasteiger partial charge in [-0.1, -0.05) is 29.3 Å². The van der Waals surface area contributed by atoms with E-state index in [9.17, 15) is 9.59 Å². The van der Waals surface area contributed by atoms with E-state index in [-0.39, 0.29) is 11.5 Å². The molecule has 0 bridgehead atoms. The van der Waals surface area contributed by atoms with Crippen LogP contribution in [-0.2, 0) is 6.54 Å². The molecule has 0 radical (unpaired) electrons. The highest BCUT2D eigenvalue weighted by atomic mass is 35.5. The maximum atomic E-state index is 12.7. The smallest absolute Gasteiger partial charge is 0.266 e. The summed E-state index contributed by atoms with van der Waals surface area (Å²) < 4.78 is 0. The molecule has 0 saturated carbocycles. The maximum absolute atomic E-state index is 12.7. The Morgan fingerprint density at radius 3 is 2.58 bits per heavy atom. The van der Waals surface area contributed by atoms with Crippen LogP contribution in [0.25, 0.3) is 10.2 Å². The zero-order valence-electron chi connectivity index (χ0n) is 14.3. The van der Waals surface area contributed by atoms with Crippen LogP contribution in [0.15, 0.2) is 23.0 Å². The molecule has 1 aromatic carbocycles. The second kappa shape index (κ2) is 7.36. The van der Waals surface area contributed by atoms with Crippen LogP contribution in [0, 0.1) is 6.92 Å². The van der Waals surface area contributed by atoms with E-state index in [1.807, 2.05) is 19.0 Å². The van der Waals surface area contributed by atoms with Crippen molar-refractivity contribution in [1.29, 1.82) is 0 Å². The lowest BCUT2D eigenvalue weighted by molar-refractivity contribution is 0.103. The molecule has 0 unspecified atom stereocenters. The van der Waals surface area contributed by atoms with Crippen LogP contribution in [0.2, 0.25) is 10.0 Å². The van der Waals surface area contributed by atoms with Crippen molar-refractivity contribution in [2.45, 2.75) is 13.5 Å². The summed E-state index contributed by atoms with van der Waals surface area (Å²) in [4.78, 5) is 35.2. The average molecular weight is 411 g/mol. The number of anilines is 1. The Hall–Kier alpha value is -1.93. The van der Waals surface area contributed by atoms with Gasteiger partial charge in [0.15, 0.2) is 0 Å². The van der Waals surface area contributed by atoms with E-state index in [1.54, 1.807) is 25.1 Å². The fraction of sp³-hybridized carbons (Fsp3) is 0.235. The highest BCUT2D eigenvalue weighted by molar-refractivity contribution is 7.20. The van der Waals surface area contributed by atoms with E-state index >= 15 is 0 Å². The molecule has 3 rings (SSSR count). The van der Waals surface area contributed by atoms with Crippen LogP contribution in [0.3, 0.4) is 0 Å². The quantitative estimate of drug-likeness (QED) is 0.683. The number of carbonyl (C=O) groups excluding carboxylic acids is 1. The first kappa shape index (κ1) is 18.8. The lowest BCUT2D eigenvalue weighted by Gasteiger charge is -2.08. The normalized spacial score (nSPS) is 11.3. The number of nitrogens with one attached hydrogen (secondary N) is 2. The highest BCUT2D eigenvalue weighted by Crippen LogP contribution is 2.32. The second-order valence-electron chi connectivity index (χ2n) is 6.04. The molecule has 6 nitrogen and oxygen atoms in total. The molecule has 3 aromatic rings. The number of fused-ring (bicyclic) bond motifs is 1. The summed E-state index contributed by atoms with van der Waals surface area (Å²) in [6, 6.07) is 4.97. The van der Waals surface area contributed by atoms with Gasteiger partial charge < -0.3 is 15.2 Å². The standard InChI is InChI=1S/C17H16Cl2N4O2S/c1-8-12-15(24)20-11(7-23(2)3)21-17(12)26-14(8)16(25)22-13-9(18)5-4-6-10(13)19/h4-6H,7H2,1-3H3,(H,22,25)(H,20,21,24). The van der Waals surface area contributed by atoms with Crippen molar-refractivity contribution >= 4 is 56.3 Å². The van der Waals surface area contributed by atoms with E-state index in [1.165, 1.54) is 11.3 Å². The average Bonchev–Trinajstić information content (AvgIpc) is 2.87. The Labute approximate surface area is 163 Å². The number of nitrogens with zero attached hydrogens (tertiary/aromatic N) is 2. The van der Waals surface area contributed by atoms with Gasteiger partial charge in [-0.25, -0.2) is 4.98 Å². The molecule has 2 aromatic heterocycles. The van der Waals surface area contributed by atoms with Crippen LogP contribution in [0.1, 0.15) is 21.1 Å². The summed E-state index contributed by atoms with van der Waals surface area (Å²) in [5.74, 6) is 0.170. The molecule has 1 amide bonds. The van der Waals surface area contributed by atoms with Crippen LogP contribution >= 0.6 is 34.5 Å². The molecule has 2 N–H and O–H groups in total. The Balaban J connectivity index is 2.02. The number of thiophene rings is 1. The Kier molecular flexibility index (Phi) is 5.34. The van der Waals surface area contributed by atoms with Crippen molar-refractivity contribution in [2.75, 3.05) is 19.4 Å². The number of benzene rings is 1. The predicted octanol–water partition coefficient (Wildman–Crippen LogP) is 3.91. The number of hydrogen-bond donors (Lipinski definition) is 2. The summed E-state index contributed by atoms with van der Waals surface area (Å²) in [5.41, 5.74) is 0.666. The molecule has 0 saturated heterocycles. The van der Waals surface area contributed by atoms with Gasteiger partial charge in [0.1, 0.15) is 10.7 Å². The minimum atomic E-state index is -0.381. The minimum Gasteiger partial charge on any atom is -0.319 e. The molecular formula is C17H16Cl2N4O2S. The number of para-hydroxylation sites is 1. The zero-order valence-corrected chi connectivity index (χ0v) is 16.6. The number of aromatic nitrogens is 2. The van der Waals surface area contributed by atoms with Crippen molar-refractivity contribution in [3.8, 4) is 0 Å². The molecular weight excluding hydrogens is 395 g/mol. The highest BCUT2D eigenvalue weighted by Gasteiger charge is 2.21. The van der Waals surface area contributed by atoms with Gasteiger partial charge in [0.2, 0.25) is 0 Å². The fourth-order valence-corrected chi connectivity index (χ4v) is 4.15. The van der Waals surface area contributed by atoms with Crippen molar-refractivity contribution in [3.05, 3.63) is 54.9 Å². The number of hydrogen-bond acceptors (Lipinski definition) is 5. The van der Waals surface area contributed by atoms with E-state index in [2.05, 4.69) is 15.3 Å². The Bertz CT molecular complexity index is 1040. The van der Waals surface area contributed by atoms with E-state index in [0.29, 0.717) is 48.8 Å². The molecule has 0 atom stereocenters. The monoisotopic (exact) mass is 410 g/mol. The SMILES string of the molecule is Cc1c(C(=O)Nc2c(Cl)cccc2Cl)sc2nc(CN(C)C)[nH]c(=O)c12. The lowest BCUT2D eigenvalue weighted by atomic mass is 10.2. The number of aryl methyl sites for hydroxylation is 1. The molecule has 0 fully saturated rings. The summed E-state index contributed by atoms with van der Waals surface area (Å²) in [5, 5.41) is 3.83. The van der Waals surface area contributed by atoms with Crippen molar-refractivity contribution in [1.82, 2.24) is 14.9 Å². The maximum Gasteiger partial charge on any atom is 0.266 e. The van der Waals surface area contributed by atoms with Crippen LogP contribution in [0.5, 0.6) is 0 Å². The third-order valence-corrected chi connectivity index (χ3v) is 5.54. The predicted molar refractivity (Wildman–Crippen MR) is 107 cm³/mol. The molecule has 9 heteroatoms. The summed E-state index contributed by atoms with van der Waals surface area (Å²) >= 11 is 13.4. The second-order valence-corrected chi connectivity index (χ2v) is 7.85. The molecule has 2 heterocycles. The first-order valence-electron chi connectivity index (χ1n) is 7.70. The van der Waals surface area contributed by atoms with Gasteiger partial charge in [0, 0.05) is 0 Å². The number of H-pyrrole nitrogens is 1. The fourth-order valence-electron chi connectivity index (χ4n) is 2.57. The lowest BCUT2D eigenvalue weighted by Crippen LogP contribution is -2.18. The van der Waals surface area contributed by atoms with Gasteiger partial charge in [-0.2, -0.15) is 0 Å². The number of rotatable bonds is 4. The van der Waals surface area contributed by atoms with E-state index in [4.69, 9.17) is 23.2 Å². The minimum absolute atomic E-state index is 0.254. The first-order chi connectivity index (χ1) is 12.3. The summed E-state index contributed by atoms with van der Waals surface area (Å²) in [6.45, 7) is 2.23. The number of amides is 1. The van der Waals surface area contributed by atoms with Gasteiger partial charge in [-0.15, -0.1) is 11.3 Å². The molecule has 0 aliphatic carbocycles. The number of halogens is 2. The van der Waals surface area contributed by atoms with Gasteiger partial charge in [-0.3, -0.25) is 9.59 Å². The van der Waals surface area contributed by atoms with Crippen molar-refractivity contribution < 1.29 is 4.79 Å². The van der Waals surface area contributed by atoms with Gasteiger partial charge in [0.05, 0.1) is 32.5 Å². The zero-order chi connectivity index (χ0) is 19.0. The van der Waals surface area contributed by atoms with Crippen LogP contribution in [0.4, 0.5) is 5.69 Å². The summed E-state index contributed by atoms with van der Waals surface area (Å²) in [6.07, 6.45) is 0. The van der Waals surface area contributed by atoms with Gasteiger partial charge >= 0.3 is 0 Å². The van der Waals surface area contributed by atoms with Crippen molar-refractivity contribution in [3.63, 3.8) is 0 Å². The molecule has 0 spiro atoms. The molecule has 0 aliphatic rings. The van der Waals surface area contributed by atoms with Gasteiger partial charge in [0.25, 0.3) is 11.5 Å². The third-order valence-electron chi connectivity index (χ3n) is 3.72.